The van der Waals surface area contributed by atoms with Crippen LogP contribution in [0.15, 0.2) is 18.2 Å². The quantitative estimate of drug-likeness (QED) is 0.472. The van der Waals surface area contributed by atoms with Crippen LogP contribution in [0.3, 0.4) is 0 Å². The number of hydrogen-bond acceptors (Lipinski definition) is 4. The Hall–Kier alpha value is -1.75. The summed E-state index contributed by atoms with van der Waals surface area (Å²) in [6.07, 6.45) is 0. The predicted molar refractivity (Wildman–Crippen MR) is 47.8 cm³/mol. The molecule has 4 N–H and O–H groups in total. The summed E-state index contributed by atoms with van der Waals surface area (Å²) in [5, 5.41) is 8.72. The molecule has 1 aromatic rings. The molecule has 0 aromatic heterocycles. The summed E-state index contributed by atoms with van der Waals surface area (Å²) in [5.41, 5.74) is 2.73. The maximum Gasteiger partial charge on any atom is 0.337 e. The molecule has 0 atom stereocenters. The topological polar surface area (TPSA) is 84.6 Å². The normalized spacial score (nSPS) is 9.38. The van der Waals surface area contributed by atoms with Gasteiger partial charge in [0.25, 0.3) is 0 Å². The second-order valence-corrected chi connectivity index (χ2v) is 2.36. The molecule has 0 aliphatic heterocycles. The van der Waals surface area contributed by atoms with E-state index >= 15 is 0 Å². The molecule has 0 bridgehead atoms. The minimum absolute atomic E-state index is 0.114. The van der Waals surface area contributed by atoms with Crippen molar-refractivity contribution in [1.82, 2.24) is 0 Å². The molecule has 0 amide bonds. The number of nitrogens with one attached hydrogen (secondary N) is 1. The lowest BCUT2D eigenvalue weighted by atomic mass is 10.2. The Balaban J connectivity index is 3.15. The SMILES string of the molecule is COc1ccc(C(=O)O)c(NN)c1. The number of hydrogen-bond donors (Lipinski definition) is 3. The Morgan fingerprint density at radius 2 is 2.31 bits per heavy atom. The first-order chi connectivity index (χ1) is 6.19. The first kappa shape index (κ1) is 9.34. The molecular weight excluding hydrogens is 172 g/mol. The van der Waals surface area contributed by atoms with Crippen molar-refractivity contribution >= 4 is 11.7 Å². The van der Waals surface area contributed by atoms with Crippen LogP contribution in [-0.4, -0.2) is 18.2 Å². The monoisotopic (exact) mass is 182 g/mol. The van der Waals surface area contributed by atoms with Crippen molar-refractivity contribution in [2.75, 3.05) is 12.5 Å². The molecule has 0 saturated carbocycles. The zero-order valence-electron chi connectivity index (χ0n) is 7.07. The Labute approximate surface area is 75.1 Å². The average molecular weight is 182 g/mol. The fourth-order valence-corrected chi connectivity index (χ4v) is 0.956. The van der Waals surface area contributed by atoms with E-state index in [0.29, 0.717) is 11.4 Å². The lowest BCUT2D eigenvalue weighted by Gasteiger charge is -2.06. The van der Waals surface area contributed by atoms with E-state index in [4.69, 9.17) is 15.7 Å². The number of methoxy groups -OCH3 is 1. The molecule has 13 heavy (non-hydrogen) atoms. The summed E-state index contributed by atoms with van der Waals surface area (Å²) in [6, 6.07) is 4.50. The van der Waals surface area contributed by atoms with Crippen molar-refractivity contribution in [3.05, 3.63) is 23.8 Å². The molecule has 1 rings (SSSR count). The minimum atomic E-state index is -1.03. The molecule has 5 nitrogen and oxygen atoms in total. The molecule has 0 fully saturated rings. The number of nitrogens with two attached hydrogens (primary N) is 1. The Morgan fingerprint density at radius 1 is 1.62 bits per heavy atom. The van der Waals surface area contributed by atoms with Gasteiger partial charge >= 0.3 is 5.97 Å². The molecule has 0 aliphatic rings. The summed E-state index contributed by atoms with van der Waals surface area (Å²) >= 11 is 0. The second kappa shape index (κ2) is 3.77. The summed E-state index contributed by atoms with van der Waals surface area (Å²) in [5.74, 6) is 4.66. The first-order valence-electron chi connectivity index (χ1n) is 3.57. The Bertz CT molecular complexity index is 325. The van der Waals surface area contributed by atoms with Gasteiger partial charge in [-0.3, -0.25) is 5.84 Å². The summed E-state index contributed by atoms with van der Waals surface area (Å²) in [7, 11) is 1.50. The number of hydrazine groups is 1. The summed E-state index contributed by atoms with van der Waals surface area (Å²) in [6.45, 7) is 0. The Morgan fingerprint density at radius 3 is 2.77 bits per heavy atom. The standard InChI is InChI=1S/C8H10N2O3/c1-13-5-2-3-6(8(11)12)7(4-5)10-9/h2-4,10H,9H2,1H3,(H,11,12). The molecule has 0 unspecified atom stereocenters. The van der Waals surface area contributed by atoms with E-state index in [2.05, 4.69) is 5.43 Å². The number of rotatable bonds is 3. The predicted octanol–water partition coefficient (Wildman–Crippen LogP) is 0.679. The van der Waals surface area contributed by atoms with E-state index in [1.807, 2.05) is 0 Å². The van der Waals surface area contributed by atoms with Gasteiger partial charge in [-0.1, -0.05) is 0 Å². The van der Waals surface area contributed by atoms with Crippen LogP contribution >= 0.6 is 0 Å². The fraction of sp³-hybridized carbons (Fsp3) is 0.125. The zero-order chi connectivity index (χ0) is 9.84. The van der Waals surface area contributed by atoms with Gasteiger partial charge in [0.15, 0.2) is 0 Å². The van der Waals surface area contributed by atoms with Gasteiger partial charge in [-0.25, -0.2) is 4.79 Å². The number of benzene rings is 1. The van der Waals surface area contributed by atoms with Crippen LogP contribution in [0.2, 0.25) is 0 Å². The number of aromatic carboxylic acids is 1. The van der Waals surface area contributed by atoms with E-state index in [1.165, 1.54) is 19.2 Å². The minimum Gasteiger partial charge on any atom is -0.497 e. The van der Waals surface area contributed by atoms with Gasteiger partial charge in [0, 0.05) is 6.07 Å². The largest absolute Gasteiger partial charge is 0.497 e. The highest BCUT2D eigenvalue weighted by Gasteiger charge is 2.09. The van der Waals surface area contributed by atoms with Crippen LogP contribution in [0.25, 0.3) is 0 Å². The zero-order valence-corrected chi connectivity index (χ0v) is 7.07. The third kappa shape index (κ3) is 1.88. The molecule has 0 aliphatic carbocycles. The van der Waals surface area contributed by atoms with Gasteiger partial charge in [0.1, 0.15) is 5.75 Å². The van der Waals surface area contributed by atoms with Crippen molar-refractivity contribution in [2.24, 2.45) is 5.84 Å². The molecule has 5 heteroatoms. The van der Waals surface area contributed by atoms with Crippen LogP contribution in [0.1, 0.15) is 10.4 Å². The van der Waals surface area contributed by atoms with Crippen molar-refractivity contribution in [3.63, 3.8) is 0 Å². The highest BCUT2D eigenvalue weighted by Crippen LogP contribution is 2.21. The van der Waals surface area contributed by atoms with Gasteiger partial charge in [-0.2, -0.15) is 0 Å². The van der Waals surface area contributed by atoms with Crippen molar-refractivity contribution < 1.29 is 14.6 Å². The van der Waals surface area contributed by atoms with Gasteiger partial charge in [0.05, 0.1) is 18.4 Å². The van der Waals surface area contributed by atoms with E-state index in [-0.39, 0.29) is 5.56 Å². The van der Waals surface area contributed by atoms with Crippen LogP contribution in [0.4, 0.5) is 5.69 Å². The maximum absolute atomic E-state index is 10.6. The van der Waals surface area contributed by atoms with Gasteiger partial charge < -0.3 is 15.3 Å². The number of carbonyl (C=O) groups is 1. The fourth-order valence-electron chi connectivity index (χ4n) is 0.956. The van der Waals surface area contributed by atoms with Crippen molar-refractivity contribution in [3.8, 4) is 5.75 Å². The first-order valence-corrected chi connectivity index (χ1v) is 3.57. The van der Waals surface area contributed by atoms with Crippen LogP contribution in [0, 0.1) is 0 Å². The summed E-state index contributed by atoms with van der Waals surface area (Å²) < 4.78 is 4.90. The second-order valence-electron chi connectivity index (χ2n) is 2.36. The van der Waals surface area contributed by atoms with Crippen LogP contribution in [-0.2, 0) is 0 Å². The third-order valence-electron chi connectivity index (χ3n) is 1.61. The van der Waals surface area contributed by atoms with Crippen LogP contribution < -0.4 is 16.0 Å². The van der Waals surface area contributed by atoms with Gasteiger partial charge in [-0.15, -0.1) is 0 Å². The highest BCUT2D eigenvalue weighted by molar-refractivity contribution is 5.94. The number of carboxylic acids is 1. The maximum atomic E-state index is 10.6. The Kier molecular flexibility index (Phi) is 2.71. The third-order valence-corrected chi connectivity index (χ3v) is 1.61. The van der Waals surface area contributed by atoms with E-state index in [0.717, 1.165) is 0 Å². The molecule has 0 radical (unpaired) electrons. The number of carboxylic acid groups (broad SMARTS) is 1. The molecule has 1 aromatic carbocycles. The van der Waals surface area contributed by atoms with E-state index in [9.17, 15) is 4.79 Å². The number of anilines is 1. The molecule has 70 valence electrons. The number of nitrogen functional groups attached to an aromatic ring is 1. The van der Waals surface area contributed by atoms with E-state index in [1.54, 1.807) is 6.07 Å². The van der Waals surface area contributed by atoms with Gasteiger partial charge in [0.2, 0.25) is 0 Å². The van der Waals surface area contributed by atoms with Crippen LogP contribution in [0.5, 0.6) is 5.75 Å². The summed E-state index contributed by atoms with van der Waals surface area (Å²) in [4.78, 5) is 10.6. The van der Waals surface area contributed by atoms with Crippen molar-refractivity contribution in [1.29, 1.82) is 0 Å². The molecule has 0 heterocycles. The van der Waals surface area contributed by atoms with Crippen molar-refractivity contribution in [2.45, 2.75) is 0 Å². The van der Waals surface area contributed by atoms with Gasteiger partial charge in [-0.05, 0) is 12.1 Å². The molecule has 0 saturated heterocycles. The lowest BCUT2D eigenvalue weighted by Crippen LogP contribution is -2.11. The lowest BCUT2D eigenvalue weighted by molar-refractivity contribution is 0.0698. The molecular formula is C8H10N2O3. The molecule has 0 spiro atoms. The average Bonchev–Trinajstić information content (AvgIpc) is 2.16. The smallest absolute Gasteiger partial charge is 0.337 e. The number of ether oxygens (including phenoxy) is 1. The highest BCUT2D eigenvalue weighted by atomic mass is 16.5. The van der Waals surface area contributed by atoms with E-state index < -0.39 is 5.97 Å².